The highest BCUT2D eigenvalue weighted by atomic mass is 79.9. The third-order valence-electron chi connectivity index (χ3n) is 3.74. The van der Waals surface area contributed by atoms with E-state index in [4.69, 9.17) is 4.74 Å². The number of rotatable bonds is 7. The molecule has 0 saturated carbocycles. The Bertz CT molecular complexity index is 714. The lowest BCUT2D eigenvalue weighted by molar-refractivity contribution is -0.130. The molecule has 0 bridgehead atoms. The first-order valence-electron chi connectivity index (χ1n) is 7.90. The molecule has 0 radical (unpaired) electrons. The SMILES string of the molecule is COc1ccc(CN(C)C(=O)CCNC(=O)c2ccc(Br)cc2)cc1. The second-order valence-electron chi connectivity index (χ2n) is 5.61. The van der Waals surface area contributed by atoms with Crippen molar-refractivity contribution in [2.24, 2.45) is 0 Å². The number of methoxy groups -OCH3 is 1. The van der Waals surface area contributed by atoms with E-state index in [0.717, 1.165) is 15.8 Å². The number of carbonyl (C=O) groups is 2. The van der Waals surface area contributed by atoms with Gasteiger partial charge in [-0.3, -0.25) is 9.59 Å². The second kappa shape index (κ2) is 9.22. The van der Waals surface area contributed by atoms with E-state index in [1.165, 1.54) is 0 Å². The van der Waals surface area contributed by atoms with Gasteiger partial charge in [-0.15, -0.1) is 0 Å². The summed E-state index contributed by atoms with van der Waals surface area (Å²) in [4.78, 5) is 25.8. The highest BCUT2D eigenvalue weighted by Crippen LogP contribution is 2.13. The fourth-order valence-electron chi connectivity index (χ4n) is 2.27. The average molecular weight is 405 g/mol. The number of nitrogens with one attached hydrogen (secondary N) is 1. The minimum atomic E-state index is -0.182. The van der Waals surface area contributed by atoms with Gasteiger partial charge in [0, 0.05) is 36.6 Å². The van der Waals surface area contributed by atoms with E-state index in [1.807, 2.05) is 36.4 Å². The summed E-state index contributed by atoms with van der Waals surface area (Å²) in [5, 5.41) is 2.76. The molecule has 0 unspecified atom stereocenters. The lowest BCUT2D eigenvalue weighted by Gasteiger charge is -2.17. The zero-order chi connectivity index (χ0) is 18.2. The highest BCUT2D eigenvalue weighted by molar-refractivity contribution is 9.10. The summed E-state index contributed by atoms with van der Waals surface area (Å²) in [6.07, 6.45) is 0.259. The van der Waals surface area contributed by atoms with Gasteiger partial charge < -0.3 is 15.0 Å². The minimum absolute atomic E-state index is 0.0214. The molecule has 2 aromatic carbocycles. The summed E-state index contributed by atoms with van der Waals surface area (Å²) < 4.78 is 6.03. The lowest BCUT2D eigenvalue weighted by Crippen LogP contribution is -2.31. The van der Waals surface area contributed by atoms with Crippen LogP contribution in [0.2, 0.25) is 0 Å². The van der Waals surface area contributed by atoms with Crippen LogP contribution in [0.3, 0.4) is 0 Å². The van der Waals surface area contributed by atoms with Gasteiger partial charge >= 0.3 is 0 Å². The first kappa shape index (κ1) is 19.0. The van der Waals surface area contributed by atoms with Crippen LogP contribution >= 0.6 is 15.9 Å². The largest absolute Gasteiger partial charge is 0.497 e. The summed E-state index contributed by atoms with van der Waals surface area (Å²) in [5.74, 6) is 0.582. The maximum Gasteiger partial charge on any atom is 0.251 e. The van der Waals surface area contributed by atoms with E-state index in [1.54, 1.807) is 31.2 Å². The van der Waals surface area contributed by atoms with Gasteiger partial charge in [-0.05, 0) is 42.0 Å². The summed E-state index contributed by atoms with van der Waals surface area (Å²) in [6.45, 7) is 0.824. The fourth-order valence-corrected chi connectivity index (χ4v) is 2.53. The molecule has 2 rings (SSSR count). The van der Waals surface area contributed by atoms with Crippen LogP contribution in [0.1, 0.15) is 22.3 Å². The Hall–Kier alpha value is -2.34. The standard InChI is InChI=1S/C19H21BrN2O3/c1-22(13-14-3-9-17(25-2)10-4-14)18(23)11-12-21-19(24)15-5-7-16(20)8-6-15/h3-10H,11-13H2,1-2H3,(H,21,24). The molecule has 132 valence electrons. The van der Waals surface area contributed by atoms with E-state index in [2.05, 4.69) is 21.2 Å². The lowest BCUT2D eigenvalue weighted by atomic mass is 10.2. The van der Waals surface area contributed by atoms with Crippen molar-refractivity contribution in [1.29, 1.82) is 0 Å². The van der Waals surface area contributed by atoms with Crippen LogP contribution in [0.25, 0.3) is 0 Å². The highest BCUT2D eigenvalue weighted by Gasteiger charge is 2.11. The van der Waals surface area contributed by atoms with E-state index >= 15 is 0 Å². The number of halogens is 1. The second-order valence-corrected chi connectivity index (χ2v) is 6.53. The molecule has 0 fully saturated rings. The number of carbonyl (C=O) groups excluding carboxylic acids is 2. The molecule has 0 heterocycles. The Morgan fingerprint density at radius 2 is 1.72 bits per heavy atom. The first-order valence-corrected chi connectivity index (χ1v) is 8.69. The molecule has 0 spiro atoms. The van der Waals surface area contributed by atoms with Crippen molar-refractivity contribution in [3.63, 3.8) is 0 Å². The molecular weight excluding hydrogens is 384 g/mol. The molecular formula is C19H21BrN2O3. The minimum Gasteiger partial charge on any atom is -0.497 e. The molecule has 0 aliphatic heterocycles. The van der Waals surface area contributed by atoms with Crippen LogP contribution in [0.15, 0.2) is 53.0 Å². The van der Waals surface area contributed by atoms with Gasteiger partial charge in [0.15, 0.2) is 0 Å². The Kier molecular flexibility index (Phi) is 7.01. The van der Waals surface area contributed by atoms with Crippen molar-refractivity contribution in [2.45, 2.75) is 13.0 Å². The Balaban J connectivity index is 1.76. The Morgan fingerprint density at radius 3 is 2.32 bits per heavy atom. The maximum absolute atomic E-state index is 12.2. The van der Waals surface area contributed by atoms with Crippen LogP contribution in [-0.4, -0.2) is 37.4 Å². The van der Waals surface area contributed by atoms with Crippen molar-refractivity contribution in [1.82, 2.24) is 10.2 Å². The van der Waals surface area contributed by atoms with E-state index < -0.39 is 0 Å². The molecule has 0 saturated heterocycles. The monoisotopic (exact) mass is 404 g/mol. The number of amides is 2. The molecule has 6 heteroatoms. The van der Waals surface area contributed by atoms with Gasteiger partial charge in [0.05, 0.1) is 7.11 Å². The van der Waals surface area contributed by atoms with Crippen LogP contribution < -0.4 is 10.1 Å². The van der Waals surface area contributed by atoms with E-state index in [-0.39, 0.29) is 18.2 Å². The molecule has 0 atom stereocenters. The summed E-state index contributed by atoms with van der Waals surface area (Å²) in [5.41, 5.74) is 1.60. The van der Waals surface area contributed by atoms with Crippen molar-refractivity contribution in [2.75, 3.05) is 20.7 Å². The molecule has 5 nitrogen and oxygen atoms in total. The molecule has 1 N–H and O–H groups in total. The van der Waals surface area contributed by atoms with Crippen molar-refractivity contribution < 1.29 is 14.3 Å². The third-order valence-corrected chi connectivity index (χ3v) is 4.26. The maximum atomic E-state index is 12.2. The quantitative estimate of drug-likeness (QED) is 0.770. The van der Waals surface area contributed by atoms with Crippen molar-refractivity contribution in [3.8, 4) is 5.75 Å². The molecule has 2 amide bonds. The molecule has 0 aliphatic carbocycles. The summed E-state index contributed by atoms with van der Waals surface area (Å²) in [7, 11) is 3.37. The number of ether oxygens (including phenoxy) is 1. The topological polar surface area (TPSA) is 58.6 Å². The van der Waals surface area contributed by atoms with Crippen LogP contribution in [0, 0.1) is 0 Å². The smallest absolute Gasteiger partial charge is 0.251 e. The van der Waals surface area contributed by atoms with Gasteiger partial charge in [-0.25, -0.2) is 0 Å². The Labute approximate surface area is 156 Å². The van der Waals surface area contributed by atoms with Crippen molar-refractivity contribution in [3.05, 3.63) is 64.1 Å². The van der Waals surface area contributed by atoms with E-state index in [9.17, 15) is 9.59 Å². The van der Waals surface area contributed by atoms with Gasteiger partial charge in [-0.1, -0.05) is 28.1 Å². The zero-order valence-corrected chi connectivity index (χ0v) is 15.9. The molecule has 0 aliphatic rings. The van der Waals surface area contributed by atoms with Gasteiger partial charge in [0.2, 0.25) is 5.91 Å². The fraction of sp³-hybridized carbons (Fsp3) is 0.263. The number of hydrogen-bond acceptors (Lipinski definition) is 3. The van der Waals surface area contributed by atoms with Gasteiger partial charge in [0.25, 0.3) is 5.91 Å². The number of benzene rings is 2. The average Bonchev–Trinajstić information content (AvgIpc) is 2.62. The zero-order valence-electron chi connectivity index (χ0n) is 14.3. The van der Waals surface area contributed by atoms with Crippen molar-refractivity contribution >= 4 is 27.7 Å². The number of hydrogen-bond donors (Lipinski definition) is 1. The van der Waals surface area contributed by atoms with Crippen LogP contribution in [0.5, 0.6) is 5.75 Å². The third kappa shape index (κ3) is 5.90. The van der Waals surface area contributed by atoms with Crippen LogP contribution in [-0.2, 0) is 11.3 Å². The van der Waals surface area contributed by atoms with Gasteiger partial charge in [-0.2, -0.15) is 0 Å². The van der Waals surface area contributed by atoms with E-state index in [0.29, 0.717) is 18.7 Å². The normalized spacial score (nSPS) is 10.2. The summed E-state index contributed by atoms with van der Waals surface area (Å²) in [6, 6.07) is 14.7. The van der Waals surface area contributed by atoms with Crippen LogP contribution in [0.4, 0.5) is 0 Å². The Morgan fingerprint density at radius 1 is 1.08 bits per heavy atom. The van der Waals surface area contributed by atoms with Gasteiger partial charge in [0.1, 0.15) is 5.75 Å². The number of nitrogens with zero attached hydrogens (tertiary/aromatic N) is 1. The predicted molar refractivity (Wildman–Crippen MR) is 101 cm³/mol. The molecule has 0 aromatic heterocycles. The predicted octanol–water partition coefficient (Wildman–Crippen LogP) is 3.24. The first-order chi connectivity index (χ1) is 12.0. The molecule has 25 heavy (non-hydrogen) atoms. The molecule has 2 aromatic rings. The summed E-state index contributed by atoms with van der Waals surface area (Å²) >= 11 is 3.33.